The molecule has 4 rings (SSSR count). The van der Waals surface area contributed by atoms with Gasteiger partial charge in [0.25, 0.3) is 0 Å². The Bertz CT molecular complexity index is 908. The third-order valence-corrected chi connectivity index (χ3v) is 6.61. The first kappa shape index (κ1) is 16.5. The van der Waals surface area contributed by atoms with Gasteiger partial charge in [-0.1, -0.05) is 48.5 Å². The predicted molar refractivity (Wildman–Crippen MR) is 104 cm³/mol. The van der Waals surface area contributed by atoms with Crippen LogP contribution in [0.25, 0.3) is 20.7 Å². The van der Waals surface area contributed by atoms with E-state index in [0.29, 0.717) is 0 Å². The Labute approximate surface area is 155 Å². The first-order valence-electron chi connectivity index (χ1n) is 8.49. The van der Waals surface area contributed by atoms with Crippen molar-refractivity contribution in [3.63, 3.8) is 0 Å². The number of thiophene rings is 1. The lowest BCUT2D eigenvalue weighted by molar-refractivity contribution is -0.120. The molecule has 0 bridgehead atoms. The number of fused-ring (bicyclic) bond motifs is 1. The molecule has 3 heterocycles. The van der Waals surface area contributed by atoms with Crippen molar-refractivity contribution in [1.29, 1.82) is 0 Å². The molecule has 3 aromatic rings. The van der Waals surface area contributed by atoms with Crippen LogP contribution in [0, 0.1) is 6.92 Å². The quantitative estimate of drug-likeness (QED) is 0.694. The normalized spacial score (nSPS) is 18.1. The molecule has 0 radical (unpaired) electrons. The zero-order valence-electron chi connectivity index (χ0n) is 14.0. The summed E-state index contributed by atoms with van der Waals surface area (Å²) in [5.41, 5.74) is 1.19. The number of nitrogens with zero attached hydrogens (tertiary/aromatic N) is 2. The fourth-order valence-corrected chi connectivity index (χ4v) is 5.35. The highest BCUT2D eigenvalue weighted by atomic mass is 32.2. The lowest BCUT2D eigenvalue weighted by atomic mass is 10.2. The molecule has 128 valence electrons. The van der Waals surface area contributed by atoms with Crippen molar-refractivity contribution >= 4 is 39.2 Å². The number of hydrogen-bond donors (Lipinski definition) is 1. The molecule has 1 aliphatic heterocycles. The van der Waals surface area contributed by atoms with E-state index in [4.69, 9.17) is 0 Å². The zero-order chi connectivity index (χ0) is 17.2. The Balaban J connectivity index is 1.73. The monoisotopic (exact) mass is 369 g/mol. The van der Waals surface area contributed by atoms with Crippen LogP contribution >= 0.6 is 23.1 Å². The maximum absolute atomic E-state index is 12.3. The van der Waals surface area contributed by atoms with Crippen molar-refractivity contribution in [3.8, 4) is 10.4 Å². The fraction of sp³-hybridized carbons (Fsp3) is 0.316. The second-order valence-corrected chi connectivity index (χ2v) is 8.39. The molecule has 1 aromatic carbocycles. The number of hydrogen-bond acceptors (Lipinski definition) is 5. The van der Waals surface area contributed by atoms with Gasteiger partial charge in [-0.05, 0) is 31.4 Å². The summed E-state index contributed by atoms with van der Waals surface area (Å²) in [6.45, 7) is 2.70. The average Bonchev–Trinajstić information content (AvgIpc) is 2.94. The Morgan fingerprint density at radius 2 is 2.04 bits per heavy atom. The zero-order valence-corrected chi connectivity index (χ0v) is 15.6. The van der Waals surface area contributed by atoms with E-state index in [0.717, 1.165) is 46.9 Å². The molecule has 1 amide bonds. The number of nitrogens with one attached hydrogen (secondary N) is 1. The molecule has 1 fully saturated rings. The highest BCUT2D eigenvalue weighted by molar-refractivity contribution is 8.00. The van der Waals surface area contributed by atoms with E-state index >= 15 is 0 Å². The van der Waals surface area contributed by atoms with Crippen molar-refractivity contribution in [3.05, 3.63) is 42.2 Å². The maximum Gasteiger partial charge on any atom is 0.233 e. The molecular weight excluding hydrogens is 350 g/mol. The summed E-state index contributed by atoms with van der Waals surface area (Å²) in [6, 6.07) is 12.5. The van der Waals surface area contributed by atoms with Gasteiger partial charge in [0.1, 0.15) is 15.7 Å². The number of rotatable bonds is 3. The molecule has 1 atom stereocenters. The van der Waals surface area contributed by atoms with E-state index in [1.807, 2.05) is 25.1 Å². The van der Waals surface area contributed by atoms with E-state index in [1.54, 1.807) is 23.1 Å². The second-order valence-electron chi connectivity index (χ2n) is 6.16. The summed E-state index contributed by atoms with van der Waals surface area (Å²) in [4.78, 5) is 23.7. The maximum atomic E-state index is 12.3. The molecular formula is C19H19N3OS2. The van der Waals surface area contributed by atoms with Crippen molar-refractivity contribution in [2.24, 2.45) is 0 Å². The van der Waals surface area contributed by atoms with E-state index < -0.39 is 0 Å². The summed E-state index contributed by atoms with van der Waals surface area (Å²) in [5, 5.41) is 4.91. The number of thioether (sulfide) groups is 1. The van der Waals surface area contributed by atoms with Gasteiger partial charge in [0, 0.05) is 16.8 Å². The van der Waals surface area contributed by atoms with Crippen LogP contribution in [0.3, 0.4) is 0 Å². The molecule has 1 aliphatic rings. The van der Waals surface area contributed by atoms with E-state index in [1.165, 1.54) is 10.4 Å². The van der Waals surface area contributed by atoms with E-state index in [9.17, 15) is 4.79 Å². The van der Waals surface area contributed by atoms with Crippen LogP contribution in [0.15, 0.2) is 41.4 Å². The minimum atomic E-state index is -0.0694. The highest BCUT2D eigenvalue weighted by Crippen LogP contribution is 2.38. The van der Waals surface area contributed by atoms with Crippen LogP contribution in [0.1, 0.15) is 25.1 Å². The summed E-state index contributed by atoms with van der Waals surface area (Å²) < 4.78 is 0. The lowest BCUT2D eigenvalue weighted by Crippen LogP contribution is -2.30. The van der Waals surface area contributed by atoms with Crippen molar-refractivity contribution < 1.29 is 4.79 Å². The molecule has 0 unspecified atom stereocenters. The minimum absolute atomic E-state index is 0.0694. The number of aryl methyl sites for hydroxylation is 1. The predicted octanol–water partition coefficient (Wildman–Crippen LogP) is 4.43. The molecule has 0 saturated carbocycles. The van der Waals surface area contributed by atoms with Gasteiger partial charge < -0.3 is 5.32 Å². The van der Waals surface area contributed by atoms with Crippen molar-refractivity contribution in [2.45, 2.75) is 36.5 Å². The van der Waals surface area contributed by atoms with Gasteiger partial charge in [-0.2, -0.15) is 0 Å². The lowest BCUT2D eigenvalue weighted by Gasteiger charge is -2.12. The summed E-state index contributed by atoms with van der Waals surface area (Å²) >= 11 is 3.26. The molecule has 1 N–H and O–H groups in total. The van der Waals surface area contributed by atoms with Gasteiger partial charge in [0.2, 0.25) is 5.91 Å². The van der Waals surface area contributed by atoms with E-state index in [2.05, 4.69) is 33.5 Å². The first-order valence-corrected chi connectivity index (χ1v) is 10.2. The largest absolute Gasteiger partial charge is 0.355 e. The Morgan fingerprint density at radius 1 is 1.20 bits per heavy atom. The molecule has 4 nitrogen and oxygen atoms in total. The Morgan fingerprint density at radius 3 is 2.88 bits per heavy atom. The summed E-state index contributed by atoms with van der Waals surface area (Å²) in [5.74, 6) is 0.885. The Kier molecular flexibility index (Phi) is 4.72. The molecule has 2 aromatic heterocycles. The summed E-state index contributed by atoms with van der Waals surface area (Å²) in [7, 11) is 0. The number of carbonyl (C=O) groups excluding carboxylic acids is 1. The van der Waals surface area contributed by atoms with Crippen LogP contribution in [0.2, 0.25) is 0 Å². The van der Waals surface area contributed by atoms with Crippen LogP contribution in [0.5, 0.6) is 0 Å². The van der Waals surface area contributed by atoms with Gasteiger partial charge in [0.15, 0.2) is 0 Å². The number of amides is 1. The van der Waals surface area contributed by atoms with Crippen LogP contribution < -0.4 is 5.32 Å². The molecule has 1 saturated heterocycles. The smallest absolute Gasteiger partial charge is 0.233 e. The van der Waals surface area contributed by atoms with Crippen molar-refractivity contribution in [1.82, 2.24) is 15.3 Å². The van der Waals surface area contributed by atoms with Gasteiger partial charge in [-0.15, -0.1) is 11.3 Å². The second kappa shape index (κ2) is 7.14. The van der Waals surface area contributed by atoms with Crippen molar-refractivity contribution in [2.75, 3.05) is 6.54 Å². The standard InChI is InChI=1S/C19H19N3OS2/c1-12-21-18(24-15-9-5-6-10-20-17(15)23)14-11-16(25-19(14)22-12)13-7-3-2-4-8-13/h2-4,7-8,11,15H,5-6,9-10H2,1H3,(H,20,23)/t15-/m1/s1. The van der Waals surface area contributed by atoms with Gasteiger partial charge >= 0.3 is 0 Å². The molecule has 0 aliphatic carbocycles. The topological polar surface area (TPSA) is 54.9 Å². The minimum Gasteiger partial charge on any atom is -0.355 e. The van der Waals surface area contributed by atoms with Gasteiger partial charge in [0.05, 0.1) is 5.25 Å². The average molecular weight is 370 g/mol. The SMILES string of the molecule is Cc1nc(S[C@@H]2CCCCNC2=O)c2cc(-c3ccccc3)sc2n1. The van der Waals surface area contributed by atoms with Gasteiger partial charge in [-0.3, -0.25) is 4.79 Å². The van der Waals surface area contributed by atoms with Crippen LogP contribution in [-0.4, -0.2) is 27.7 Å². The van der Waals surface area contributed by atoms with E-state index in [-0.39, 0.29) is 11.2 Å². The third-order valence-electron chi connectivity index (χ3n) is 4.27. The first-order chi connectivity index (χ1) is 12.2. The molecule has 0 spiro atoms. The van der Waals surface area contributed by atoms with Crippen LogP contribution in [0.4, 0.5) is 0 Å². The fourth-order valence-electron chi connectivity index (χ4n) is 2.99. The highest BCUT2D eigenvalue weighted by Gasteiger charge is 2.24. The summed E-state index contributed by atoms with van der Waals surface area (Å²) in [6.07, 6.45) is 3.02. The number of carbonyl (C=O) groups is 1. The number of benzene rings is 1. The third kappa shape index (κ3) is 3.55. The van der Waals surface area contributed by atoms with Gasteiger partial charge in [-0.25, -0.2) is 9.97 Å². The number of aromatic nitrogens is 2. The molecule has 6 heteroatoms. The van der Waals surface area contributed by atoms with Crippen LogP contribution in [-0.2, 0) is 4.79 Å². The molecule has 25 heavy (non-hydrogen) atoms. The Hall–Kier alpha value is -1.92.